The molecule has 6 nitrogen and oxygen atoms in total. The highest BCUT2D eigenvalue weighted by Gasteiger charge is 2.42. The minimum atomic E-state index is -0.425. The molecule has 0 spiro atoms. The molecule has 0 bridgehead atoms. The Morgan fingerprint density at radius 1 is 0.938 bits per heavy atom. The summed E-state index contributed by atoms with van der Waals surface area (Å²) >= 11 is 6.31. The average Bonchev–Trinajstić information content (AvgIpc) is 2.97. The third-order valence-electron chi connectivity index (χ3n) is 6.95. The Morgan fingerprint density at radius 3 is 2.25 bits per heavy atom. The third-order valence-corrected chi connectivity index (χ3v) is 7.30. The summed E-state index contributed by atoms with van der Waals surface area (Å²) in [5.41, 5.74) is 2.11. The molecule has 1 aliphatic heterocycles. The van der Waals surface area contributed by atoms with Crippen LogP contribution < -0.4 is 10.6 Å². The number of nitrogens with one attached hydrogen (secondary N) is 2. The standard InChI is InChI=1S/C25H32ClN3O3/c1-16-13-14-17(23(30)27-18-9-5-2-3-6-10-18)15-20(16)28-22-21(26)24(31)29(25(22)32)19-11-7-4-8-12-19/h13-15,18-19,28H,2-12H2,1H3,(H,27,30). The zero-order chi connectivity index (χ0) is 22.7. The maximum absolute atomic E-state index is 13.1. The zero-order valence-corrected chi connectivity index (χ0v) is 19.5. The van der Waals surface area contributed by atoms with Crippen LogP contribution in [0.25, 0.3) is 0 Å². The van der Waals surface area contributed by atoms with Crippen LogP contribution in [-0.2, 0) is 9.59 Å². The van der Waals surface area contributed by atoms with Crippen LogP contribution in [0.5, 0.6) is 0 Å². The Labute approximate surface area is 194 Å². The number of amides is 3. The molecule has 2 saturated carbocycles. The summed E-state index contributed by atoms with van der Waals surface area (Å²) in [4.78, 5) is 40.0. The fraction of sp³-hybridized carbons (Fsp3) is 0.560. The van der Waals surface area contributed by atoms with Gasteiger partial charge in [0.15, 0.2) is 0 Å². The van der Waals surface area contributed by atoms with Gasteiger partial charge < -0.3 is 10.6 Å². The molecule has 0 saturated heterocycles. The maximum Gasteiger partial charge on any atom is 0.279 e. The Balaban J connectivity index is 1.49. The van der Waals surface area contributed by atoms with Crippen LogP contribution in [0.3, 0.4) is 0 Å². The Kier molecular flexibility index (Phi) is 7.19. The highest BCUT2D eigenvalue weighted by atomic mass is 35.5. The fourth-order valence-corrected chi connectivity index (χ4v) is 5.24. The summed E-state index contributed by atoms with van der Waals surface area (Å²) < 4.78 is 0. The molecule has 1 heterocycles. The van der Waals surface area contributed by atoms with Crippen molar-refractivity contribution in [2.75, 3.05) is 5.32 Å². The van der Waals surface area contributed by atoms with Gasteiger partial charge in [-0.15, -0.1) is 0 Å². The summed E-state index contributed by atoms with van der Waals surface area (Å²) in [7, 11) is 0. The summed E-state index contributed by atoms with van der Waals surface area (Å²) in [6, 6.07) is 5.49. The molecule has 2 fully saturated rings. The van der Waals surface area contributed by atoms with E-state index in [1.165, 1.54) is 17.7 Å². The zero-order valence-electron chi connectivity index (χ0n) is 18.7. The molecule has 0 aromatic heterocycles. The van der Waals surface area contributed by atoms with E-state index in [-0.39, 0.29) is 34.6 Å². The largest absolute Gasteiger partial charge is 0.349 e. The lowest BCUT2D eigenvalue weighted by Gasteiger charge is -2.29. The molecule has 2 N–H and O–H groups in total. The van der Waals surface area contributed by atoms with E-state index in [0.29, 0.717) is 11.3 Å². The quantitative estimate of drug-likeness (QED) is 0.481. The van der Waals surface area contributed by atoms with Crippen LogP contribution in [0.15, 0.2) is 28.9 Å². The van der Waals surface area contributed by atoms with Gasteiger partial charge in [-0.05, 0) is 50.3 Å². The number of benzene rings is 1. The number of hydrogen-bond donors (Lipinski definition) is 2. The van der Waals surface area contributed by atoms with E-state index >= 15 is 0 Å². The van der Waals surface area contributed by atoms with Crippen molar-refractivity contribution in [3.63, 3.8) is 0 Å². The number of carbonyl (C=O) groups excluding carboxylic acids is 3. The molecule has 0 atom stereocenters. The molecule has 0 radical (unpaired) electrons. The number of aryl methyl sites for hydroxylation is 1. The van der Waals surface area contributed by atoms with Crippen LogP contribution in [0.1, 0.15) is 86.6 Å². The first kappa shape index (κ1) is 22.8. The molecule has 3 amide bonds. The van der Waals surface area contributed by atoms with Crippen LogP contribution in [0, 0.1) is 6.92 Å². The van der Waals surface area contributed by atoms with Crippen LogP contribution in [0.4, 0.5) is 5.69 Å². The first-order chi connectivity index (χ1) is 15.5. The first-order valence-electron chi connectivity index (χ1n) is 11.9. The van der Waals surface area contributed by atoms with Crippen molar-refractivity contribution in [3.05, 3.63) is 40.1 Å². The van der Waals surface area contributed by atoms with Gasteiger partial charge in [-0.2, -0.15) is 0 Å². The van der Waals surface area contributed by atoms with Gasteiger partial charge in [-0.1, -0.05) is 62.6 Å². The molecule has 1 aromatic rings. The molecule has 7 heteroatoms. The van der Waals surface area contributed by atoms with E-state index in [2.05, 4.69) is 10.6 Å². The molecule has 32 heavy (non-hydrogen) atoms. The summed E-state index contributed by atoms with van der Waals surface area (Å²) in [6.45, 7) is 1.89. The first-order valence-corrected chi connectivity index (χ1v) is 12.3. The number of hydrogen-bond acceptors (Lipinski definition) is 4. The van der Waals surface area contributed by atoms with E-state index in [4.69, 9.17) is 11.6 Å². The predicted molar refractivity (Wildman–Crippen MR) is 125 cm³/mol. The molecule has 2 aliphatic carbocycles. The maximum atomic E-state index is 13.1. The second kappa shape index (κ2) is 10.1. The van der Waals surface area contributed by atoms with Crippen molar-refractivity contribution in [3.8, 4) is 0 Å². The van der Waals surface area contributed by atoms with Crippen molar-refractivity contribution in [2.45, 2.75) is 89.6 Å². The molecular weight excluding hydrogens is 426 g/mol. The predicted octanol–water partition coefficient (Wildman–Crippen LogP) is 5.01. The van der Waals surface area contributed by atoms with Gasteiger partial charge in [0.2, 0.25) is 0 Å². The number of anilines is 1. The van der Waals surface area contributed by atoms with Crippen LogP contribution >= 0.6 is 11.6 Å². The molecule has 3 aliphatic rings. The molecule has 1 aromatic carbocycles. The van der Waals surface area contributed by atoms with Crippen molar-refractivity contribution >= 4 is 35.0 Å². The lowest BCUT2D eigenvalue weighted by molar-refractivity contribution is -0.140. The number of halogens is 1. The molecular formula is C25H32ClN3O3. The highest BCUT2D eigenvalue weighted by molar-refractivity contribution is 6.48. The second-order valence-electron chi connectivity index (χ2n) is 9.28. The molecule has 4 rings (SSSR count). The summed E-state index contributed by atoms with van der Waals surface area (Å²) in [6.07, 6.45) is 11.6. The van der Waals surface area contributed by atoms with Gasteiger partial charge in [0.05, 0.1) is 0 Å². The number of nitrogens with zero attached hydrogens (tertiary/aromatic N) is 1. The SMILES string of the molecule is Cc1ccc(C(=O)NC2CCCCCC2)cc1NC1=C(Cl)C(=O)N(C2CCCCC2)C1=O. The Hall–Kier alpha value is -2.34. The van der Waals surface area contributed by atoms with E-state index < -0.39 is 5.91 Å². The van der Waals surface area contributed by atoms with E-state index in [1.54, 1.807) is 12.1 Å². The van der Waals surface area contributed by atoms with Gasteiger partial charge >= 0.3 is 0 Å². The van der Waals surface area contributed by atoms with E-state index in [9.17, 15) is 14.4 Å². The van der Waals surface area contributed by atoms with Gasteiger partial charge in [0.1, 0.15) is 10.7 Å². The van der Waals surface area contributed by atoms with Gasteiger partial charge in [-0.25, -0.2) is 0 Å². The second-order valence-corrected chi connectivity index (χ2v) is 9.66. The Morgan fingerprint density at radius 2 is 1.56 bits per heavy atom. The third kappa shape index (κ3) is 4.85. The van der Waals surface area contributed by atoms with Gasteiger partial charge in [0.25, 0.3) is 17.7 Å². The minimum Gasteiger partial charge on any atom is -0.349 e. The summed E-state index contributed by atoms with van der Waals surface area (Å²) in [5.74, 6) is -0.914. The lowest BCUT2D eigenvalue weighted by atomic mass is 9.94. The van der Waals surface area contributed by atoms with Crippen molar-refractivity contribution < 1.29 is 14.4 Å². The number of imide groups is 1. The Bertz CT molecular complexity index is 928. The number of carbonyl (C=O) groups is 3. The van der Waals surface area contributed by atoms with Crippen LogP contribution in [0.2, 0.25) is 0 Å². The highest BCUT2D eigenvalue weighted by Crippen LogP contribution is 2.33. The van der Waals surface area contributed by atoms with Crippen LogP contribution in [-0.4, -0.2) is 34.7 Å². The molecule has 0 unspecified atom stereocenters. The smallest absolute Gasteiger partial charge is 0.279 e. The molecule has 172 valence electrons. The monoisotopic (exact) mass is 457 g/mol. The van der Waals surface area contributed by atoms with Gasteiger partial charge in [0, 0.05) is 23.3 Å². The van der Waals surface area contributed by atoms with Gasteiger partial charge in [-0.3, -0.25) is 19.3 Å². The van der Waals surface area contributed by atoms with Crippen molar-refractivity contribution in [1.29, 1.82) is 0 Å². The topological polar surface area (TPSA) is 78.5 Å². The van der Waals surface area contributed by atoms with E-state index in [1.807, 2.05) is 13.0 Å². The lowest BCUT2D eigenvalue weighted by Crippen LogP contribution is -2.42. The number of rotatable bonds is 5. The normalized spacial score (nSPS) is 21.1. The summed E-state index contributed by atoms with van der Waals surface area (Å²) in [5, 5.41) is 6.15. The van der Waals surface area contributed by atoms with Crippen molar-refractivity contribution in [2.24, 2.45) is 0 Å². The minimum absolute atomic E-state index is 0.0757. The van der Waals surface area contributed by atoms with E-state index in [0.717, 1.165) is 63.4 Å². The van der Waals surface area contributed by atoms with Crippen molar-refractivity contribution in [1.82, 2.24) is 10.2 Å². The fourth-order valence-electron chi connectivity index (χ4n) is 5.02. The average molecular weight is 458 g/mol.